The van der Waals surface area contributed by atoms with Gasteiger partial charge in [-0.1, -0.05) is 42.5 Å². The quantitative estimate of drug-likeness (QED) is 0.512. The van der Waals surface area contributed by atoms with E-state index in [1.165, 1.54) is 16.0 Å². The second-order valence-corrected chi connectivity index (χ2v) is 7.77. The van der Waals surface area contributed by atoms with Gasteiger partial charge >= 0.3 is 0 Å². The summed E-state index contributed by atoms with van der Waals surface area (Å²) in [6.07, 6.45) is 0. The molecule has 0 saturated heterocycles. The summed E-state index contributed by atoms with van der Waals surface area (Å²) in [7, 11) is 0. The van der Waals surface area contributed by atoms with Gasteiger partial charge in [0.2, 0.25) is 5.91 Å². The zero-order valence-electron chi connectivity index (χ0n) is 16.6. The molecule has 0 aliphatic rings. The number of hydrogen-bond donors (Lipinski definition) is 1. The van der Waals surface area contributed by atoms with Crippen molar-refractivity contribution in [1.82, 2.24) is 14.8 Å². The lowest BCUT2D eigenvalue weighted by molar-refractivity contribution is -0.117. The molecule has 30 heavy (non-hydrogen) atoms. The Morgan fingerprint density at radius 3 is 2.63 bits per heavy atom. The monoisotopic (exact) mass is 420 g/mol. The van der Waals surface area contributed by atoms with Gasteiger partial charge in [0, 0.05) is 5.56 Å². The molecule has 2 aromatic carbocycles. The van der Waals surface area contributed by atoms with Gasteiger partial charge in [0.05, 0.1) is 22.0 Å². The van der Waals surface area contributed by atoms with Gasteiger partial charge in [-0.25, -0.2) is 9.67 Å². The number of fused-ring (bicyclic) bond motifs is 1. The summed E-state index contributed by atoms with van der Waals surface area (Å²) >= 11 is 1.42. The number of anilines is 1. The lowest BCUT2D eigenvalue weighted by atomic mass is 10.1. The largest absolute Gasteiger partial charge is 0.492 e. The maximum absolute atomic E-state index is 12.9. The smallest absolute Gasteiger partial charge is 0.294 e. The summed E-state index contributed by atoms with van der Waals surface area (Å²) in [5.74, 6) is 0.200. The number of benzene rings is 2. The van der Waals surface area contributed by atoms with E-state index in [1.807, 2.05) is 50.2 Å². The molecule has 0 unspecified atom stereocenters. The zero-order chi connectivity index (χ0) is 21.1. The molecule has 7 nitrogen and oxygen atoms in total. The van der Waals surface area contributed by atoms with Crippen molar-refractivity contribution in [3.05, 3.63) is 70.0 Å². The molecule has 0 spiro atoms. The van der Waals surface area contributed by atoms with E-state index < -0.39 is 0 Å². The van der Waals surface area contributed by atoms with Crippen molar-refractivity contribution in [1.29, 1.82) is 0 Å². The highest BCUT2D eigenvalue weighted by atomic mass is 32.1. The fourth-order valence-electron chi connectivity index (χ4n) is 3.14. The molecule has 2 heterocycles. The topological polar surface area (TPSA) is 86.1 Å². The van der Waals surface area contributed by atoms with Crippen LogP contribution in [0.4, 0.5) is 5.69 Å². The van der Waals surface area contributed by atoms with Gasteiger partial charge in [-0.3, -0.25) is 9.59 Å². The second-order valence-electron chi connectivity index (χ2n) is 6.57. The Labute approximate surface area is 177 Å². The molecule has 1 amide bonds. The van der Waals surface area contributed by atoms with Crippen LogP contribution < -0.4 is 15.6 Å². The fraction of sp³-hybridized carbons (Fsp3) is 0.182. The molecule has 0 radical (unpaired) electrons. The Hall–Kier alpha value is -3.52. The predicted octanol–water partition coefficient (Wildman–Crippen LogP) is 3.87. The Kier molecular flexibility index (Phi) is 5.58. The molecular formula is C22H20N4O3S. The molecule has 2 aromatic heterocycles. The molecule has 4 rings (SSSR count). The van der Waals surface area contributed by atoms with Crippen LogP contribution in [0.15, 0.2) is 59.4 Å². The van der Waals surface area contributed by atoms with Crippen LogP contribution in [0.3, 0.4) is 0 Å². The van der Waals surface area contributed by atoms with Crippen LogP contribution in [-0.2, 0) is 11.3 Å². The van der Waals surface area contributed by atoms with E-state index in [2.05, 4.69) is 15.4 Å². The maximum Gasteiger partial charge on any atom is 0.294 e. The van der Waals surface area contributed by atoms with Crippen LogP contribution in [0.2, 0.25) is 0 Å². The number of carbonyl (C=O) groups is 1. The van der Waals surface area contributed by atoms with Gasteiger partial charge in [-0.2, -0.15) is 5.10 Å². The van der Waals surface area contributed by atoms with Crippen molar-refractivity contribution in [2.75, 3.05) is 11.9 Å². The summed E-state index contributed by atoms with van der Waals surface area (Å²) < 4.78 is 7.43. The lowest BCUT2D eigenvalue weighted by Gasteiger charge is -2.12. The number of amides is 1. The second kappa shape index (κ2) is 8.46. The Bertz CT molecular complexity index is 1260. The number of carbonyl (C=O) groups excluding carboxylic acids is 1. The molecule has 0 aliphatic carbocycles. The number of thiazole rings is 1. The van der Waals surface area contributed by atoms with Crippen molar-refractivity contribution in [2.24, 2.45) is 0 Å². The minimum atomic E-state index is -0.387. The summed E-state index contributed by atoms with van der Waals surface area (Å²) in [6, 6.07) is 16.7. The molecule has 0 fully saturated rings. The van der Waals surface area contributed by atoms with Crippen LogP contribution in [0.25, 0.3) is 21.5 Å². The molecule has 0 atom stereocenters. The van der Waals surface area contributed by atoms with Crippen LogP contribution in [0.5, 0.6) is 5.75 Å². The summed E-state index contributed by atoms with van der Waals surface area (Å²) in [5.41, 5.74) is 1.99. The Balaban J connectivity index is 1.70. The van der Waals surface area contributed by atoms with Crippen molar-refractivity contribution in [3.8, 4) is 17.0 Å². The summed E-state index contributed by atoms with van der Waals surface area (Å²) in [6.45, 7) is 3.97. The normalized spacial score (nSPS) is 10.9. The molecule has 4 aromatic rings. The van der Waals surface area contributed by atoms with Gasteiger partial charge < -0.3 is 10.1 Å². The van der Waals surface area contributed by atoms with Crippen LogP contribution >= 0.6 is 11.3 Å². The number of aryl methyl sites for hydroxylation is 1. The van der Waals surface area contributed by atoms with E-state index in [1.54, 1.807) is 18.2 Å². The standard InChI is InChI=1S/C22H20N4O3S/c1-3-29-17-12-8-7-11-16(17)24-18(27)13-26-22(28)20-21(30-14(2)23-20)19(25-26)15-9-5-4-6-10-15/h4-12H,3,13H2,1-2H3,(H,24,27). The van der Waals surface area contributed by atoms with Gasteiger partial charge in [-0.15, -0.1) is 11.3 Å². The number of ether oxygens (including phenoxy) is 1. The number of nitrogens with one attached hydrogen (secondary N) is 1. The molecule has 8 heteroatoms. The zero-order valence-corrected chi connectivity index (χ0v) is 17.4. The first-order valence-corrected chi connectivity index (χ1v) is 10.3. The molecule has 0 bridgehead atoms. The highest BCUT2D eigenvalue weighted by Crippen LogP contribution is 2.29. The van der Waals surface area contributed by atoms with E-state index in [-0.39, 0.29) is 18.0 Å². The minimum Gasteiger partial charge on any atom is -0.492 e. The van der Waals surface area contributed by atoms with Gasteiger partial charge in [-0.05, 0) is 26.0 Å². The maximum atomic E-state index is 12.9. The minimum absolute atomic E-state index is 0.231. The molecular weight excluding hydrogens is 400 g/mol. The Morgan fingerprint density at radius 2 is 1.87 bits per heavy atom. The van der Waals surface area contributed by atoms with Gasteiger partial charge in [0.25, 0.3) is 5.56 Å². The van der Waals surface area contributed by atoms with E-state index in [4.69, 9.17) is 4.74 Å². The molecule has 0 aliphatic heterocycles. The molecule has 152 valence electrons. The Morgan fingerprint density at radius 1 is 1.13 bits per heavy atom. The molecule has 1 N–H and O–H groups in total. The number of rotatable bonds is 6. The van der Waals surface area contributed by atoms with E-state index in [9.17, 15) is 9.59 Å². The first-order valence-electron chi connectivity index (χ1n) is 9.52. The molecule has 0 saturated carbocycles. The predicted molar refractivity (Wildman–Crippen MR) is 118 cm³/mol. The summed E-state index contributed by atoms with van der Waals surface area (Å²) in [5, 5.41) is 8.08. The highest BCUT2D eigenvalue weighted by Gasteiger charge is 2.18. The van der Waals surface area contributed by atoms with Crippen molar-refractivity contribution in [3.63, 3.8) is 0 Å². The lowest BCUT2D eigenvalue weighted by Crippen LogP contribution is -2.30. The van der Waals surface area contributed by atoms with Crippen LogP contribution in [-0.4, -0.2) is 27.3 Å². The van der Waals surface area contributed by atoms with E-state index in [0.29, 0.717) is 29.3 Å². The number of aromatic nitrogens is 3. The average molecular weight is 420 g/mol. The third-order valence-corrected chi connectivity index (χ3v) is 5.39. The first-order chi connectivity index (χ1) is 14.6. The number of hydrogen-bond acceptors (Lipinski definition) is 6. The number of nitrogens with zero attached hydrogens (tertiary/aromatic N) is 3. The van der Waals surface area contributed by atoms with Crippen molar-refractivity contribution < 1.29 is 9.53 Å². The summed E-state index contributed by atoms with van der Waals surface area (Å²) in [4.78, 5) is 30.0. The van der Waals surface area contributed by atoms with Crippen LogP contribution in [0.1, 0.15) is 11.9 Å². The van der Waals surface area contributed by atoms with Crippen LogP contribution in [0, 0.1) is 6.92 Å². The van der Waals surface area contributed by atoms with Gasteiger partial charge in [0.15, 0.2) is 5.52 Å². The third kappa shape index (κ3) is 3.95. The first kappa shape index (κ1) is 19.8. The third-order valence-electron chi connectivity index (χ3n) is 4.41. The van der Waals surface area contributed by atoms with Crippen molar-refractivity contribution >= 4 is 33.1 Å². The van der Waals surface area contributed by atoms with E-state index >= 15 is 0 Å². The van der Waals surface area contributed by atoms with Crippen molar-refractivity contribution in [2.45, 2.75) is 20.4 Å². The van der Waals surface area contributed by atoms with E-state index in [0.717, 1.165) is 15.3 Å². The fourth-order valence-corrected chi connectivity index (χ4v) is 4.05. The number of para-hydroxylation sites is 2. The van der Waals surface area contributed by atoms with Gasteiger partial charge in [0.1, 0.15) is 18.0 Å². The average Bonchev–Trinajstić information content (AvgIpc) is 3.14. The SMILES string of the molecule is CCOc1ccccc1NC(=O)Cn1nc(-c2ccccc2)c2sc(C)nc2c1=O. The highest BCUT2D eigenvalue weighted by molar-refractivity contribution is 7.19.